The van der Waals surface area contributed by atoms with Gasteiger partial charge in [0.05, 0.1) is 5.69 Å². The van der Waals surface area contributed by atoms with Crippen molar-refractivity contribution in [1.82, 2.24) is 0 Å². The van der Waals surface area contributed by atoms with E-state index in [1.54, 1.807) is 0 Å². The van der Waals surface area contributed by atoms with E-state index < -0.39 is 0 Å². The van der Waals surface area contributed by atoms with Crippen molar-refractivity contribution in [3.63, 3.8) is 0 Å². The quantitative estimate of drug-likeness (QED) is 0.178. The van der Waals surface area contributed by atoms with Crippen LogP contribution in [0.2, 0.25) is 0 Å². The molecule has 0 amide bonds. The molecule has 0 bridgehead atoms. The van der Waals surface area contributed by atoms with E-state index in [0.29, 0.717) is 0 Å². The maximum atomic E-state index is 6.82. The summed E-state index contributed by atoms with van der Waals surface area (Å²) in [7, 11) is 0. The second-order valence-corrected chi connectivity index (χ2v) is 17.3. The molecule has 2 aliphatic rings. The summed E-state index contributed by atoms with van der Waals surface area (Å²) in [5.74, 6) is 0. The number of fused-ring (bicyclic) bond motifs is 12. The summed E-state index contributed by atoms with van der Waals surface area (Å²) in [5, 5.41) is 6.96. The molecule has 0 atom stereocenters. The fourth-order valence-corrected chi connectivity index (χ4v) is 10.5. The number of hydrogen-bond acceptors (Lipinski definition) is 2. The first-order valence-electron chi connectivity index (χ1n) is 20.4. The monoisotopic (exact) mass is 743 g/mol. The lowest BCUT2D eigenvalue weighted by Gasteiger charge is -2.30. The van der Waals surface area contributed by atoms with Crippen LogP contribution >= 0.6 is 0 Å². The highest BCUT2D eigenvalue weighted by molar-refractivity contribution is 6.20. The fourth-order valence-electron chi connectivity index (χ4n) is 10.5. The van der Waals surface area contributed by atoms with Gasteiger partial charge < -0.3 is 9.32 Å². The molecule has 0 aliphatic heterocycles. The van der Waals surface area contributed by atoms with E-state index in [-0.39, 0.29) is 10.8 Å². The van der Waals surface area contributed by atoms with E-state index in [0.717, 1.165) is 49.8 Å². The predicted molar refractivity (Wildman–Crippen MR) is 244 cm³/mol. The minimum atomic E-state index is -0.139. The maximum absolute atomic E-state index is 6.82. The first kappa shape index (κ1) is 33.3. The predicted octanol–water partition coefficient (Wildman–Crippen LogP) is 15.6. The van der Waals surface area contributed by atoms with Crippen LogP contribution in [0.1, 0.15) is 49.9 Å². The van der Waals surface area contributed by atoms with E-state index in [4.69, 9.17) is 4.42 Å². The van der Waals surface area contributed by atoms with Gasteiger partial charge in [0.15, 0.2) is 0 Å². The molecular formula is C56H41NO. The van der Waals surface area contributed by atoms with Crippen LogP contribution in [-0.4, -0.2) is 0 Å². The molecule has 0 unspecified atom stereocenters. The summed E-state index contributed by atoms with van der Waals surface area (Å²) in [6.07, 6.45) is 0. The molecule has 0 fully saturated rings. The number of hydrogen-bond donors (Lipinski definition) is 0. The first-order chi connectivity index (χ1) is 28.3. The van der Waals surface area contributed by atoms with E-state index in [9.17, 15) is 0 Å². The summed E-state index contributed by atoms with van der Waals surface area (Å²) in [4.78, 5) is 2.51. The van der Waals surface area contributed by atoms with Crippen molar-refractivity contribution in [2.24, 2.45) is 0 Å². The van der Waals surface area contributed by atoms with Gasteiger partial charge in [-0.25, -0.2) is 0 Å². The van der Waals surface area contributed by atoms with Crippen molar-refractivity contribution in [2.45, 2.75) is 38.5 Å². The van der Waals surface area contributed by atoms with Crippen LogP contribution in [0.4, 0.5) is 17.1 Å². The van der Waals surface area contributed by atoms with Crippen molar-refractivity contribution in [2.75, 3.05) is 4.90 Å². The van der Waals surface area contributed by atoms with Crippen molar-refractivity contribution in [1.29, 1.82) is 0 Å². The second kappa shape index (κ2) is 11.8. The van der Waals surface area contributed by atoms with E-state index >= 15 is 0 Å². The van der Waals surface area contributed by atoms with Gasteiger partial charge in [-0.2, -0.15) is 0 Å². The molecule has 10 aromatic rings. The van der Waals surface area contributed by atoms with E-state index in [1.807, 2.05) is 0 Å². The van der Waals surface area contributed by atoms with Gasteiger partial charge in [0, 0.05) is 43.7 Å². The molecule has 2 aliphatic carbocycles. The van der Waals surface area contributed by atoms with Crippen molar-refractivity contribution >= 4 is 60.5 Å². The van der Waals surface area contributed by atoms with Crippen LogP contribution in [0.5, 0.6) is 0 Å². The zero-order valence-electron chi connectivity index (χ0n) is 33.1. The Morgan fingerprint density at radius 1 is 0.379 bits per heavy atom. The zero-order chi connectivity index (χ0) is 38.9. The number of nitrogens with zero attached hydrogens (tertiary/aromatic N) is 1. The Kier molecular flexibility index (Phi) is 6.78. The lowest BCUT2D eigenvalue weighted by molar-refractivity contribution is 0.660. The Labute approximate surface area is 338 Å². The summed E-state index contributed by atoms with van der Waals surface area (Å²) in [6, 6.07) is 65.1. The van der Waals surface area contributed by atoms with Gasteiger partial charge in [-0.1, -0.05) is 161 Å². The third-order valence-corrected chi connectivity index (χ3v) is 13.4. The molecule has 9 aromatic carbocycles. The third kappa shape index (κ3) is 4.54. The number of benzene rings is 9. The van der Waals surface area contributed by atoms with Crippen molar-refractivity contribution < 1.29 is 4.42 Å². The van der Waals surface area contributed by atoms with Gasteiger partial charge in [0.25, 0.3) is 0 Å². The SMILES string of the molecule is CC1(C)c2ccccc2-c2ccc(N(c3ccc4c(c3)C(C)(C)c3ccccc3-4)c3cc4c5cc(-c6cccc7ccccc67)ccc5oc4c4ccccc34)cc21. The molecule has 0 N–H and O–H groups in total. The molecular weight excluding hydrogens is 703 g/mol. The van der Waals surface area contributed by atoms with Crippen LogP contribution < -0.4 is 4.90 Å². The number of furan rings is 1. The molecule has 276 valence electrons. The average Bonchev–Trinajstić information content (AvgIpc) is 3.83. The molecule has 2 heteroatoms. The van der Waals surface area contributed by atoms with Crippen LogP contribution in [-0.2, 0) is 10.8 Å². The Morgan fingerprint density at radius 2 is 0.914 bits per heavy atom. The largest absolute Gasteiger partial charge is 0.455 e. The summed E-state index contributed by atoms with van der Waals surface area (Å²) >= 11 is 0. The van der Waals surface area contributed by atoms with Crippen LogP contribution in [0.3, 0.4) is 0 Å². The van der Waals surface area contributed by atoms with E-state index in [2.05, 4.69) is 209 Å². The standard InChI is InChI=1S/C56H41NO/c1-55(2)48-22-11-9-17-40(48)42-27-25-36(31-50(42)55)57(37-26-28-43-41-18-10-12-23-49(41)56(3,4)51(43)32-37)52-33-47-46-30-35(39-21-13-15-34-14-5-6-16-38(34)39)24-29-53(46)58-54(47)45-20-8-7-19-44(45)52/h5-33H,1-4H3. The molecule has 12 rings (SSSR count). The summed E-state index contributed by atoms with van der Waals surface area (Å²) < 4.78 is 6.82. The average molecular weight is 744 g/mol. The zero-order valence-corrected chi connectivity index (χ0v) is 33.1. The molecule has 2 nitrogen and oxygen atoms in total. The fraction of sp³-hybridized carbons (Fsp3) is 0.107. The van der Waals surface area contributed by atoms with Gasteiger partial charge in [0.2, 0.25) is 0 Å². The Bertz CT molecular complexity index is 3250. The minimum absolute atomic E-state index is 0.139. The Balaban J connectivity index is 1.13. The smallest absolute Gasteiger partial charge is 0.143 e. The summed E-state index contributed by atoms with van der Waals surface area (Å²) in [5.41, 5.74) is 18.1. The second-order valence-electron chi connectivity index (χ2n) is 17.3. The van der Waals surface area contributed by atoms with Gasteiger partial charge in [-0.05, 0) is 109 Å². The van der Waals surface area contributed by atoms with Gasteiger partial charge in [0.1, 0.15) is 11.2 Å². The molecule has 0 saturated carbocycles. The lowest BCUT2D eigenvalue weighted by Crippen LogP contribution is -2.18. The highest BCUT2D eigenvalue weighted by Crippen LogP contribution is 2.54. The molecule has 1 aromatic heterocycles. The van der Waals surface area contributed by atoms with Gasteiger partial charge in [-0.3, -0.25) is 0 Å². The maximum Gasteiger partial charge on any atom is 0.143 e. The van der Waals surface area contributed by atoms with Crippen LogP contribution in [0, 0.1) is 0 Å². The highest BCUT2D eigenvalue weighted by Gasteiger charge is 2.38. The normalized spacial score (nSPS) is 14.5. The molecule has 58 heavy (non-hydrogen) atoms. The number of anilines is 3. The van der Waals surface area contributed by atoms with Crippen molar-refractivity contribution in [3.05, 3.63) is 198 Å². The van der Waals surface area contributed by atoms with Gasteiger partial charge >= 0.3 is 0 Å². The van der Waals surface area contributed by atoms with Crippen molar-refractivity contribution in [3.8, 4) is 33.4 Å². The Morgan fingerprint density at radius 3 is 1.59 bits per heavy atom. The lowest BCUT2D eigenvalue weighted by atomic mass is 9.82. The molecule has 0 radical (unpaired) electrons. The summed E-state index contributed by atoms with van der Waals surface area (Å²) in [6.45, 7) is 9.47. The first-order valence-corrected chi connectivity index (χ1v) is 20.4. The van der Waals surface area contributed by atoms with Crippen LogP contribution in [0.25, 0.3) is 76.9 Å². The third-order valence-electron chi connectivity index (χ3n) is 13.4. The molecule has 0 spiro atoms. The highest BCUT2D eigenvalue weighted by atomic mass is 16.3. The number of rotatable bonds is 4. The van der Waals surface area contributed by atoms with Gasteiger partial charge in [-0.15, -0.1) is 0 Å². The molecule has 1 heterocycles. The minimum Gasteiger partial charge on any atom is -0.455 e. The van der Waals surface area contributed by atoms with E-state index in [1.165, 1.54) is 66.4 Å². The van der Waals surface area contributed by atoms with Crippen LogP contribution in [0.15, 0.2) is 180 Å². The topological polar surface area (TPSA) is 16.4 Å². The molecule has 0 saturated heterocycles. The Hall–Kier alpha value is -6.90.